The lowest BCUT2D eigenvalue weighted by atomic mass is 9.85. The van der Waals surface area contributed by atoms with E-state index in [9.17, 15) is 15.0 Å². The third-order valence-corrected chi connectivity index (χ3v) is 5.92. The minimum absolute atomic E-state index is 0.0129. The van der Waals surface area contributed by atoms with E-state index < -0.39 is 11.2 Å². The van der Waals surface area contributed by atoms with Crippen LogP contribution in [0, 0.1) is 5.92 Å². The van der Waals surface area contributed by atoms with Crippen molar-refractivity contribution in [2.24, 2.45) is 5.92 Å². The van der Waals surface area contributed by atoms with E-state index in [1.54, 1.807) is 6.07 Å². The maximum absolute atomic E-state index is 12.8. The molecule has 1 saturated carbocycles. The molecule has 6 nitrogen and oxygen atoms in total. The highest BCUT2D eigenvalue weighted by Gasteiger charge is 2.20. The summed E-state index contributed by atoms with van der Waals surface area (Å²) >= 11 is 0. The molecule has 1 aromatic heterocycles. The molecule has 2 N–H and O–H groups in total. The second-order valence-corrected chi connectivity index (χ2v) is 7.88. The summed E-state index contributed by atoms with van der Waals surface area (Å²) in [5.74, 6) is 0.317. The Morgan fingerprint density at radius 2 is 1.63 bits per heavy atom. The molecule has 3 aromatic rings. The fraction of sp³-hybridized carbons (Fsp3) is 0.375. The first-order valence-electron chi connectivity index (χ1n) is 10.3. The van der Waals surface area contributed by atoms with Gasteiger partial charge in [0.1, 0.15) is 5.58 Å². The molecule has 4 rings (SSSR count). The fourth-order valence-corrected chi connectivity index (χ4v) is 4.30. The monoisotopic (exact) mass is 410 g/mol. The summed E-state index contributed by atoms with van der Waals surface area (Å²) in [5, 5.41) is 21.0. The van der Waals surface area contributed by atoms with E-state index in [2.05, 4.69) is 0 Å². The largest absolute Gasteiger partial charge is 0.502 e. The molecular weight excluding hydrogens is 384 g/mol. The summed E-state index contributed by atoms with van der Waals surface area (Å²) in [5.41, 5.74) is 1.42. The Balaban J connectivity index is 1.80. The molecule has 1 aliphatic carbocycles. The van der Waals surface area contributed by atoms with E-state index >= 15 is 0 Å². The number of benzene rings is 2. The molecule has 0 saturated heterocycles. The molecule has 6 heteroatoms. The summed E-state index contributed by atoms with van der Waals surface area (Å²) in [7, 11) is 2.82. The SMILES string of the molecule is COc1cc(-c2oc3cc(CC4CCCCC4)ccc3c(=O)c2O)cc(OC)c1O. The number of phenolic OH excluding ortho intramolecular Hbond substituents is 1. The maximum atomic E-state index is 12.8. The third-order valence-electron chi connectivity index (χ3n) is 5.92. The minimum Gasteiger partial charge on any atom is -0.502 e. The predicted molar refractivity (Wildman–Crippen MR) is 115 cm³/mol. The van der Waals surface area contributed by atoms with Crippen molar-refractivity contribution in [3.05, 3.63) is 46.1 Å². The van der Waals surface area contributed by atoms with Gasteiger partial charge < -0.3 is 24.1 Å². The smallest absolute Gasteiger partial charge is 0.235 e. The van der Waals surface area contributed by atoms with E-state index in [1.807, 2.05) is 12.1 Å². The van der Waals surface area contributed by atoms with Crippen LogP contribution in [0.1, 0.15) is 37.7 Å². The van der Waals surface area contributed by atoms with Gasteiger partial charge in [-0.15, -0.1) is 0 Å². The Morgan fingerprint density at radius 3 is 2.27 bits per heavy atom. The molecular formula is C24H26O6. The topological polar surface area (TPSA) is 89.1 Å². The van der Waals surface area contributed by atoms with Gasteiger partial charge in [0.15, 0.2) is 17.3 Å². The number of aromatic hydroxyl groups is 2. The van der Waals surface area contributed by atoms with Gasteiger partial charge in [0.25, 0.3) is 0 Å². The molecule has 0 aliphatic heterocycles. The van der Waals surface area contributed by atoms with E-state index in [0.717, 1.165) is 12.0 Å². The lowest BCUT2D eigenvalue weighted by Crippen LogP contribution is -2.09. The number of hydrogen-bond donors (Lipinski definition) is 2. The maximum Gasteiger partial charge on any atom is 0.235 e. The minimum atomic E-state index is -0.499. The van der Waals surface area contributed by atoms with Gasteiger partial charge in [0.05, 0.1) is 19.6 Å². The predicted octanol–water partition coefficient (Wildman–Crippen LogP) is 5.01. The van der Waals surface area contributed by atoms with Crippen molar-refractivity contribution >= 4 is 11.0 Å². The van der Waals surface area contributed by atoms with Gasteiger partial charge in [0.2, 0.25) is 16.9 Å². The summed E-state index contributed by atoms with van der Waals surface area (Å²) < 4.78 is 16.3. The highest BCUT2D eigenvalue weighted by atomic mass is 16.5. The molecule has 30 heavy (non-hydrogen) atoms. The van der Waals surface area contributed by atoms with Crippen molar-refractivity contribution in [2.45, 2.75) is 38.5 Å². The van der Waals surface area contributed by atoms with Gasteiger partial charge in [-0.05, 0) is 42.2 Å². The second-order valence-electron chi connectivity index (χ2n) is 7.88. The van der Waals surface area contributed by atoms with E-state index in [4.69, 9.17) is 13.9 Å². The molecule has 158 valence electrons. The molecule has 0 unspecified atom stereocenters. The Kier molecular flexibility index (Phi) is 5.57. The van der Waals surface area contributed by atoms with Gasteiger partial charge in [-0.1, -0.05) is 38.2 Å². The molecule has 0 atom stereocenters. The fourth-order valence-electron chi connectivity index (χ4n) is 4.30. The second kappa shape index (κ2) is 8.30. The molecule has 1 fully saturated rings. The zero-order chi connectivity index (χ0) is 21.3. The number of rotatable bonds is 5. The lowest BCUT2D eigenvalue weighted by Gasteiger charge is -2.21. The lowest BCUT2D eigenvalue weighted by molar-refractivity contribution is 0.340. The molecule has 0 radical (unpaired) electrons. The Hall–Kier alpha value is -3.15. The van der Waals surface area contributed by atoms with Crippen molar-refractivity contribution in [2.75, 3.05) is 14.2 Å². The van der Waals surface area contributed by atoms with Crippen LogP contribution < -0.4 is 14.9 Å². The highest BCUT2D eigenvalue weighted by molar-refractivity contribution is 5.83. The first kappa shape index (κ1) is 20.1. The van der Waals surface area contributed by atoms with Gasteiger partial charge in [-0.25, -0.2) is 0 Å². The third kappa shape index (κ3) is 3.70. The average Bonchev–Trinajstić information content (AvgIpc) is 2.77. The highest BCUT2D eigenvalue weighted by Crippen LogP contribution is 2.42. The van der Waals surface area contributed by atoms with E-state index in [1.165, 1.54) is 58.5 Å². The Labute approximate surface area is 174 Å². The number of phenols is 1. The van der Waals surface area contributed by atoms with Gasteiger partial charge in [0, 0.05) is 5.56 Å². The molecule has 2 aromatic carbocycles. The number of ether oxygens (including phenoxy) is 2. The van der Waals surface area contributed by atoms with Crippen molar-refractivity contribution < 1.29 is 24.1 Å². The number of fused-ring (bicyclic) bond motifs is 1. The van der Waals surface area contributed by atoms with Crippen LogP contribution in [0.25, 0.3) is 22.3 Å². The zero-order valence-corrected chi connectivity index (χ0v) is 17.2. The van der Waals surface area contributed by atoms with Crippen LogP contribution in [0.2, 0.25) is 0 Å². The van der Waals surface area contributed by atoms with Crippen molar-refractivity contribution in [3.63, 3.8) is 0 Å². The standard InChI is InChI=1S/C24H26O6/c1-28-19-12-16(13-20(29-2)22(19)26)24-23(27)21(25)17-9-8-15(11-18(17)30-24)10-14-6-4-3-5-7-14/h8-9,11-14,26-27H,3-7,10H2,1-2H3. The summed E-state index contributed by atoms with van der Waals surface area (Å²) in [4.78, 5) is 12.8. The van der Waals surface area contributed by atoms with Crippen LogP contribution in [0.15, 0.2) is 39.5 Å². The van der Waals surface area contributed by atoms with Crippen molar-refractivity contribution in [1.82, 2.24) is 0 Å². The first-order chi connectivity index (χ1) is 14.5. The van der Waals surface area contributed by atoms with Crippen molar-refractivity contribution in [3.8, 4) is 34.3 Å². The molecule has 1 aliphatic rings. The van der Waals surface area contributed by atoms with Crippen LogP contribution in [0.3, 0.4) is 0 Å². The molecule has 1 heterocycles. The van der Waals surface area contributed by atoms with Crippen LogP contribution in [-0.4, -0.2) is 24.4 Å². The van der Waals surface area contributed by atoms with Gasteiger partial charge >= 0.3 is 0 Å². The van der Waals surface area contributed by atoms with Crippen LogP contribution in [0.5, 0.6) is 23.0 Å². The summed E-state index contributed by atoms with van der Waals surface area (Å²) in [6.07, 6.45) is 7.28. The Bertz CT molecular complexity index is 1100. The van der Waals surface area contributed by atoms with Crippen LogP contribution in [0.4, 0.5) is 0 Å². The van der Waals surface area contributed by atoms with Gasteiger partial charge in [-0.2, -0.15) is 0 Å². The van der Waals surface area contributed by atoms with E-state index in [0.29, 0.717) is 22.5 Å². The quantitative estimate of drug-likeness (QED) is 0.615. The number of hydrogen-bond acceptors (Lipinski definition) is 6. The molecule has 0 bridgehead atoms. The zero-order valence-electron chi connectivity index (χ0n) is 17.2. The van der Waals surface area contributed by atoms with Crippen molar-refractivity contribution in [1.29, 1.82) is 0 Å². The summed E-state index contributed by atoms with van der Waals surface area (Å²) in [6.45, 7) is 0. The van der Waals surface area contributed by atoms with E-state index in [-0.39, 0.29) is 23.0 Å². The normalized spacial score (nSPS) is 14.7. The molecule has 0 amide bonds. The van der Waals surface area contributed by atoms with Crippen LogP contribution in [-0.2, 0) is 6.42 Å². The average molecular weight is 410 g/mol. The van der Waals surface area contributed by atoms with Gasteiger partial charge in [-0.3, -0.25) is 4.79 Å². The first-order valence-corrected chi connectivity index (χ1v) is 10.3. The van der Waals surface area contributed by atoms with Crippen LogP contribution >= 0.6 is 0 Å². The molecule has 0 spiro atoms. The number of methoxy groups -OCH3 is 2. The Morgan fingerprint density at radius 1 is 0.967 bits per heavy atom. The summed E-state index contributed by atoms with van der Waals surface area (Å²) in [6, 6.07) is 8.55.